The van der Waals surface area contributed by atoms with Gasteiger partial charge in [-0.1, -0.05) is 12.1 Å². The van der Waals surface area contributed by atoms with Gasteiger partial charge in [0.15, 0.2) is 5.82 Å². The lowest BCUT2D eigenvalue weighted by Gasteiger charge is -2.36. The quantitative estimate of drug-likeness (QED) is 0.675. The van der Waals surface area contributed by atoms with E-state index < -0.39 is 0 Å². The van der Waals surface area contributed by atoms with Crippen LogP contribution in [0.15, 0.2) is 54.7 Å². The Balaban J connectivity index is 1.26. The summed E-state index contributed by atoms with van der Waals surface area (Å²) in [6, 6.07) is 13.4. The van der Waals surface area contributed by atoms with Gasteiger partial charge in [-0.3, -0.25) is 4.79 Å². The minimum absolute atomic E-state index is 0.109. The zero-order valence-electron chi connectivity index (χ0n) is 17.1. The van der Waals surface area contributed by atoms with Crippen LogP contribution in [0.3, 0.4) is 0 Å². The lowest BCUT2D eigenvalue weighted by atomic mass is 10.1. The minimum atomic E-state index is -0.295. The number of hydrogen-bond acceptors (Lipinski definition) is 6. The van der Waals surface area contributed by atoms with Crippen molar-refractivity contribution in [1.29, 1.82) is 0 Å². The Morgan fingerprint density at radius 1 is 1.13 bits per heavy atom. The van der Waals surface area contributed by atoms with Gasteiger partial charge >= 0.3 is 0 Å². The Morgan fingerprint density at radius 3 is 2.58 bits per heavy atom. The molecule has 3 aromatic rings. The third-order valence-electron chi connectivity index (χ3n) is 5.68. The summed E-state index contributed by atoms with van der Waals surface area (Å²) in [5, 5.41) is 3.26. The van der Waals surface area contributed by atoms with Crippen LogP contribution in [0.25, 0.3) is 0 Å². The standard InChI is InChI=1S/C23H22FN5O2/c1-28-20-14-26-23(27-21(20)29-12-2-3-19(29)22(28)30)25-13-15-4-8-17(9-5-15)31-18-10-6-16(24)7-11-18/h4-11,14,19H,2-3,12-13H2,1H3,(H,25,26,27). The maximum Gasteiger partial charge on any atom is 0.249 e. The minimum Gasteiger partial charge on any atom is -0.457 e. The molecule has 1 N–H and O–H groups in total. The highest BCUT2D eigenvalue weighted by atomic mass is 19.1. The fraction of sp³-hybridized carbons (Fsp3) is 0.261. The largest absolute Gasteiger partial charge is 0.457 e. The first-order valence-electron chi connectivity index (χ1n) is 10.3. The number of rotatable bonds is 5. The third-order valence-corrected chi connectivity index (χ3v) is 5.68. The molecule has 0 spiro atoms. The molecule has 1 aromatic heterocycles. The number of fused-ring (bicyclic) bond motifs is 3. The first-order chi connectivity index (χ1) is 15.1. The summed E-state index contributed by atoms with van der Waals surface area (Å²) in [6.07, 6.45) is 3.56. The van der Waals surface area contributed by atoms with Gasteiger partial charge in [-0.25, -0.2) is 9.37 Å². The zero-order chi connectivity index (χ0) is 21.4. The van der Waals surface area contributed by atoms with Gasteiger partial charge in [0.2, 0.25) is 11.9 Å². The van der Waals surface area contributed by atoms with Gasteiger partial charge < -0.3 is 19.9 Å². The van der Waals surface area contributed by atoms with Crippen LogP contribution < -0.4 is 19.9 Å². The lowest BCUT2D eigenvalue weighted by molar-refractivity contribution is -0.119. The Morgan fingerprint density at radius 2 is 1.84 bits per heavy atom. The van der Waals surface area contributed by atoms with Crippen LogP contribution in [-0.4, -0.2) is 35.5 Å². The summed E-state index contributed by atoms with van der Waals surface area (Å²) >= 11 is 0. The van der Waals surface area contributed by atoms with E-state index in [2.05, 4.69) is 15.2 Å². The van der Waals surface area contributed by atoms with Crippen LogP contribution in [0.4, 0.5) is 21.8 Å². The predicted molar refractivity (Wildman–Crippen MR) is 116 cm³/mol. The van der Waals surface area contributed by atoms with Crippen molar-refractivity contribution in [2.75, 3.05) is 28.7 Å². The Kier molecular flexibility index (Phi) is 4.89. The van der Waals surface area contributed by atoms with Gasteiger partial charge in [0.05, 0.1) is 6.20 Å². The van der Waals surface area contributed by atoms with E-state index in [0.29, 0.717) is 24.0 Å². The molecule has 1 unspecified atom stereocenters. The molecule has 0 bridgehead atoms. The number of halogens is 1. The number of carbonyl (C=O) groups is 1. The van der Waals surface area contributed by atoms with Crippen molar-refractivity contribution < 1.29 is 13.9 Å². The number of nitrogens with zero attached hydrogens (tertiary/aromatic N) is 4. The number of hydrogen-bond donors (Lipinski definition) is 1. The SMILES string of the molecule is CN1C(=O)C2CCCN2c2nc(NCc3ccc(Oc4ccc(F)cc4)cc3)ncc21. The number of ether oxygens (including phenoxy) is 1. The molecule has 0 saturated carbocycles. The molecule has 2 aliphatic heterocycles. The molecule has 5 rings (SSSR count). The molecule has 1 amide bonds. The second-order valence-electron chi connectivity index (χ2n) is 7.70. The van der Waals surface area contributed by atoms with Crippen molar-refractivity contribution in [3.8, 4) is 11.5 Å². The molecule has 1 saturated heterocycles. The molecule has 0 aliphatic carbocycles. The highest BCUT2D eigenvalue weighted by Gasteiger charge is 2.40. The second-order valence-corrected chi connectivity index (χ2v) is 7.70. The smallest absolute Gasteiger partial charge is 0.249 e. The van der Waals surface area contributed by atoms with E-state index >= 15 is 0 Å². The molecule has 7 nitrogen and oxygen atoms in total. The lowest BCUT2D eigenvalue weighted by Crippen LogP contribution is -2.49. The van der Waals surface area contributed by atoms with E-state index in [9.17, 15) is 9.18 Å². The number of amides is 1. The first-order valence-corrected chi connectivity index (χ1v) is 10.3. The molecule has 2 aromatic carbocycles. The van der Waals surface area contributed by atoms with Crippen molar-refractivity contribution in [1.82, 2.24) is 9.97 Å². The summed E-state index contributed by atoms with van der Waals surface area (Å²) in [5.41, 5.74) is 1.79. The second kappa shape index (κ2) is 7.86. The monoisotopic (exact) mass is 419 g/mol. The molecule has 2 aliphatic rings. The Hall–Kier alpha value is -3.68. The normalized spacial score (nSPS) is 17.4. The van der Waals surface area contributed by atoms with E-state index in [1.807, 2.05) is 24.3 Å². The van der Waals surface area contributed by atoms with Crippen LogP contribution in [0, 0.1) is 5.82 Å². The van der Waals surface area contributed by atoms with Crippen molar-refractivity contribution in [3.05, 3.63) is 66.1 Å². The highest BCUT2D eigenvalue weighted by molar-refractivity contribution is 6.04. The topological polar surface area (TPSA) is 70.6 Å². The van der Waals surface area contributed by atoms with E-state index in [1.165, 1.54) is 12.1 Å². The molecule has 1 atom stereocenters. The van der Waals surface area contributed by atoms with Crippen molar-refractivity contribution in [2.24, 2.45) is 0 Å². The van der Waals surface area contributed by atoms with E-state index in [-0.39, 0.29) is 17.8 Å². The fourth-order valence-electron chi connectivity index (χ4n) is 4.01. The average molecular weight is 419 g/mol. The number of carbonyl (C=O) groups excluding carboxylic acids is 1. The molecule has 158 valence electrons. The summed E-state index contributed by atoms with van der Waals surface area (Å²) < 4.78 is 18.7. The molecule has 8 heteroatoms. The Bertz CT molecular complexity index is 1100. The van der Waals surface area contributed by atoms with Gasteiger partial charge in [0, 0.05) is 20.1 Å². The van der Waals surface area contributed by atoms with Gasteiger partial charge in [-0.15, -0.1) is 0 Å². The number of nitrogens with one attached hydrogen (secondary N) is 1. The number of aromatic nitrogens is 2. The number of likely N-dealkylation sites (N-methyl/N-ethyl adjacent to an activating group) is 1. The maximum atomic E-state index is 13.0. The van der Waals surface area contributed by atoms with Gasteiger partial charge in [0.1, 0.15) is 29.0 Å². The predicted octanol–water partition coefficient (Wildman–Crippen LogP) is 3.97. The van der Waals surface area contributed by atoms with Crippen molar-refractivity contribution >= 4 is 23.4 Å². The number of benzene rings is 2. The maximum absolute atomic E-state index is 13.0. The van der Waals surface area contributed by atoms with Crippen molar-refractivity contribution in [3.63, 3.8) is 0 Å². The summed E-state index contributed by atoms with van der Waals surface area (Å²) in [4.78, 5) is 25.3. The van der Waals surface area contributed by atoms with Gasteiger partial charge in [-0.2, -0.15) is 4.98 Å². The first kappa shape index (κ1) is 19.3. The van der Waals surface area contributed by atoms with Crippen LogP contribution in [0.1, 0.15) is 18.4 Å². The zero-order valence-corrected chi connectivity index (χ0v) is 17.1. The summed E-state index contributed by atoms with van der Waals surface area (Å²) in [5.74, 6) is 2.41. The molecule has 0 radical (unpaired) electrons. The molecule has 3 heterocycles. The van der Waals surface area contributed by atoms with E-state index in [4.69, 9.17) is 9.72 Å². The van der Waals surface area contributed by atoms with Crippen LogP contribution in [0.5, 0.6) is 11.5 Å². The fourth-order valence-corrected chi connectivity index (χ4v) is 4.01. The van der Waals surface area contributed by atoms with E-state index in [1.54, 1.807) is 30.3 Å². The highest BCUT2D eigenvalue weighted by Crippen LogP contribution is 2.38. The molecule has 1 fully saturated rings. The van der Waals surface area contributed by atoms with Crippen LogP contribution in [0.2, 0.25) is 0 Å². The summed E-state index contributed by atoms with van der Waals surface area (Å²) in [6.45, 7) is 1.39. The van der Waals surface area contributed by atoms with Crippen LogP contribution in [-0.2, 0) is 11.3 Å². The average Bonchev–Trinajstić information content (AvgIpc) is 3.29. The molecule has 31 heavy (non-hydrogen) atoms. The Labute approximate surface area is 179 Å². The van der Waals surface area contributed by atoms with Gasteiger partial charge in [-0.05, 0) is 54.8 Å². The molecular weight excluding hydrogens is 397 g/mol. The van der Waals surface area contributed by atoms with Gasteiger partial charge in [0.25, 0.3) is 0 Å². The van der Waals surface area contributed by atoms with Crippen molar-refractivity contribution in [2.45, 2.75) is 25.4 Å². The third kappa shape index (κ3) is 3.76. The summed E-state index contributed by atoms with van der Waals surface area (Å²) in [7, 11) is 1.78. The van der Waals surface area contributed by atoms with Crippen LogP contribution >= 0.6 is 0 Å². The van der Waals surface area contributed by atoms with E-state index in [0.717, 1.165) is 36.5 Å². The number of anilines is 3. The molecular formula is C23H22FN5O2.